The first-order valence-electron chi connectivity index (χ1n) is 10.1. The number of hydrogen-bond acceptors (Lipinski definition) is 5. The van der Waals surface area contributed by atoms with Crippen molar-refractivity contribution >= 4 is 5.91 Å². The fourth-order valence-corrected chi connectivity index (χ4v) is 3.91. The fourth-order valence-electron chi connectivity index (χ4n) is 3.91. The first-order valence-corrected chi connectivity index (χ1v) is 10.1. The molecule has 29 heavy (non-hydrogen) atoms. The number of hydrogen-bond donors (Lipinski definition) is 2. The summed E-state index contributed by atoms with van der Waals surface area (Å²) in [5, 5.41) is 19.5. The zero-order valence-electron chi connectivity index (χ0n) is 17.0. The number of benzene rings is 2. The average molecular weight is 399 g/mol. The normalized spacial score (nSPS) is 15.9. The van der Waals surface area contributed by atoms with Crippen molar-refractivity contribution in [3.05, 3.63) is 59.7 Å². The molecule has 3 rings (SSSR count). The summed E-state index contributed by atoms with van der Waals surface area (Å²) in [5.74, 6) is 0.942. The third kappa shape index (κ3) is 5.49. The molecule has 1 amide bonds. The minimum atomic E-state index is -0.0917. The summed E-state index contributed by atoms with van der Waals surface area (Å²) >= 11 is 0. The summed E-state index contributed by atoms with van der Waals surface area (Å²) in [4.78, 5) is 16.9. The predicted octanol–water partition coefficient (Wildman–Crippen LogP) is 2.45. The van der Waals surface area contributed by atoms with Gasteiger partial charge in [0.05, 0.1) is 13.7 Å². The molecule has 6 heteroatoms. The van der Waals surface area contributed by atoms with Crippen molar-refractivity contribution < 1.29 is 19.7 Å². The van der Waals surface area contributed by atoms with Crippen LogP contribution in [0.4, 0.5) is 0 Å². The minimum absolute atomic E-state index is 0.0917. The molecule has 2 aromatic carbocycles. The van der Waals surface area contributed by atoms with Crippen LogP contribution in [0.15, 0.2) is 48.5 Å². The lowest BCUT2D eigenvalue weighted by molar-refractivity contribution is -0.133. The van der Waals surface area contributed by atoms with E-state index in [1.54, 1.807) is 19.2 Å². The van der Waals surface area contributed by atoms with Crippen LogP contribution in [0.5, 0.6) is 11.5 Å². The molecule has 1 fully saturated rings. The largest absolute Gasteiger partial charge is 0.508 e. The number of rotatable bonds is 8. The van der Waals surface area contributed by atoms with E-state index < -0.39 is 0 Å². The standard InChI is InChI=1S/C23H30N2O4/c1-29-19-7-9-22(27)21(17-19)20(18-5-3-2-4-6-18)8-10-23(28)25-13-11-24(12-14-25)15-16-26/h2-7,9,17,20,26-27H,8,10-16H2,1H3. The SMILES string of the molecule is COc1ccc(O)c(C(CCC(=O)N2CCN(CCO)CC2)c2ccccc2)c1. The van der Waals surface area contributed by atoms with Crippen molar-refractivity contribution in [1.29, 1.82) is 0 Å². The molecule has 1 atom stereocenters. The maximum Gasteiger partial charge on any atom is 0.222 e. The molecular weight excluding hydrogens is 368 g/mol. The highest BCUT2D eigenvalue weighted by molar-refractivity contribution is 5.76. The van der Waals surface area contributed by atoms with Gasteiger partial charge >= 0.3 is 0 Å². The van der Waals surface area contributed by atoms with E-state index in [4.69, 9.17) is 9.84 Å². The molecule has 1 saturated heterocycles. The van der Waals surface area contributed by atoms with Crippen LogP contribution >= 0.6 is 0 Å². The topological polar surface area (TPSA) is 73.2 Å². The van der Waals surface area contributed by atoms with Crippen LogP contribution in [0.1, 0.15) is 29.9 Å². The number of nitrogens with zero attached hydrogens (tertiary/aromatic N) is 2. The quantitative estimate of drug-likeness (QED) is 0.715. The van der Waals surface area contributed by atoms with Crippen LogP contribution in [0.2, 0.25) is 0 Å². The number of aliphatic hydroxyl groups is 1. The number of ether oxygens (including phenoxy) is 1. The molecule has 0 aliphatic carbocycles. The van der Waals surface area contributed by atoms with Gasteiger partial charge in [-0.2, -0.15) is 0 Å². The number of methoxy groups -OCH3 is 1. The van der Waals surface area contributed by atoms with Crippen molar-refractivity contribution in [2.75, 3.05) is 46.4 Å². The van der Waals surface area contributed by atoms with Crippen LogP contribution < -0.4 is 4.74 Å². The van der Waals surface area contributed by atoms with E-state index in [1.165, 1.54) is 0 Å². The van der Waals surface area contributed by atoms with Crippen LogP contribution in [-0.4, -0.2) is 72.4 Å². The van der Waals surface area contributed by atoms with Crippen molar-refractivity contribution in [2.45, 2.75) is 18.8 Å². The Morgan fingerprint density at radius 1 is 1.10 bits per heavy atom. The van der Waals surface area contributed by atoms with E-state index in [2.05, 4.69) is 4.90 Å². The van der Waals surface area contributed by atoms with E-state index >= 15 is 0 Å². The van der Waals surface area contributed by atoms with Crippen LogP contribution in [0.25, 0.3) is 0 Å². The second-order valence-electron chi connectivity index (χ2n) is 7.37. The highest BCUT2D eigenvalue weighted by atomic mass is 16.5. The van der Waals surface area contributed by atoms with E-state index in [0.717, 1.165) is 24.2 Å². The summed E-state index contributed by atoms with van der Waals surface area (Å²) < 4.78 is 5.34. The lowest BCUT2D eigenvalue weighted by Gasteiger charge is -2.34. The molecule has 6 nitrogen and oxygen atoms in total. The number of amides is 1. The number of carbonyl (C=O) groups is 1. The van der Waals surface area contributed by atoms with E-state index in [1.807, 2.05) is 41.3 Å². The minimum Gasteiger partial charge on any atom is -0.508 e. The van der Waals surface area contributed by atoms with Gasteiger partial charge in [-0.15, -0.1) is 0 Å². The van der Waals surface area contributed by atoms with Gasteiger partial charge in [0.25, 0.3) is 0 Å². The molecule has 1 aliphatic rings. The number of carbonyl (C=O) groups excluding carboxylic acids is 1. The van der Waals surface area contributed by atoms with Crippen LogP contribution in [-0.2, 0) is 4.79 Å². The first-order chi connectivity index (χ1) is 14.1. The number of phenolic OH excluding ortho intramolecular Hbond substituents is 1. The van der Waals surface area contributed by atoms with Gasteiger partial charge in [-0.05, 0) is 30.2 Å². The highest BCUT2D eigenvalue weighted by Gasteiger charge is 2.24. The van der Waals surface area contributed by atoms with Crippen LogP contribution in [0, 0.1) is 0 Å². The first kappa shape index (κ1) is 21.1. The maximum absolute atomic E-state index is 12.8. The second-order valence-corrected chi connectivity index (χ2v) is 7.37. The van der Waals surface area contributed by atoms with Crippen molar-refractivity contribution in [1.82, 2.24) is 9.80 Å². The summed E-state index contributed by atoms with van der Waals surface area (Å²) in [7, 11) is 1.60. The molecule has 1 aliphatic heterocycles. The van der Waals surface area contributed by atoms with Crippen molar-refractivity contribution in [3.63, 3.8) is 0 Å². The highest BCUT2D eigenvalue weighted by Crippen LogP contribution is 2.37. The fraction of sp³-hybridized carbons (Fsp3) is 0.435. The smallest absolute Gasteiger partial charge is 0.222 e. The van der Waals surface area contributed by atoms with E-state index in [9.17, 15) is 9.90 Å². The number of phenols is 1. The molecular formula is C23H30N2O4. The monoisotopic (exact) mass is 398 g/mol. The Balaban J connectivity index is 1.71. The molecule has 156 valence electrons. The zero-order valence-corrected chi connectivity index (χ0v) is 17.0. The Morgan fingerprint density at radius 2 is 1.83 bits per heavy atom. The Bertz CT molecular complexity index is 789. The third-order valence-corrected chi connectivity index (χ3v) is 5.60. The zero-order chi connectivity index (χ0) is 20.6. The molecule has 1 unspecified atom stereocenters. The summed E-state index contributed by atoms with van der Waals surface area (Å²) in [6.45, 7) is 3.79. The molecule has 0 bridgehead atoms. The maximum atomic E-state index is 12.8. The van der Waals surface area contributed by atoms with Gasteiger partial charge in [-0.3, -0.25) is 9.69 Å². The van der Waals surface area contributed by atoms with Gasteiger partial charge in [-0.1, -0.05) is 30.3 Å². The number of piperazine rings is 1. The van der Waals surface area contributed by atoms with Gasteiger partial charge in [-0.25, -0.2) is 0 Å². The third-order valence-electron chi connectivity index (χ3n) is 5.60. The van der Waals surface area contributed by atoms with Gasteiger partial charge in [0.15, 0.2) is 0 Å². The van der Waals surface area contributed by atoms with Crippen molar-refractivity contribution in [3.8, 4) is 11.5 Å². The molecule has 1 heterocycles. The van der Waals surface area contributed by atoms with Gasteiger partial charge in [0.2, 0.25) is 5.91 Å². The summed E-state index contributed by atoms with van der Waals surface area (Å²) in [5.41, 5.74) is 1.84. The van der Waals surface area contributed by atoms with E-state index in [-0.39, 0.29) is 24.2 Å². The molecule has 0 radical (unpaired) electrons. The Hall–Kier alpha value is -2.57. The molecule has 2 N–H and O–H groups in total. The van der Waals surface area contributed by atoms with E-state index in [0.29, 0.717) is 38.2 Å². The van der Waals surface area contributed by atoms with Gasteiger partial charge in [0.1, 0.15) is 11.5 Å². The Kier molecular flexibility index (Phi) is 7.49. The Morgan fingerprint density at radius 3 is 2.48 bits per heavy atom. The lowest BCUT2D eigenvalue weighted by atomic mass is 9.86. The second kappa shape index (κ2) is 10.3. The predicted molar refractivity (Wildman–Crippen MR) is 112 cm³/mol. The summed E-state index contributed by atoms with van der Waals surface area (Å²) in [6.07, 6.45) is 1.02. The van der Waals surface area contributed by atoms with Gasteiger partial charge in [0, 0.05) is 50.6 Å². The lowest BCUT2D eigenvalue weighted by Crippen LogP contribution is -2.49. The average Bonchev–Trinajstić information content (AvgIpc) is 2.76. The molecule has 0 saturated carbocycles. The molecule has 2 aromatic rings. The summed E-state index contributed by atoms with van der Waals surface area (Å²) in [6, 6.07) is 15.2. The molecule has 0 spiro atoms. The van der Waals surface area contributed by atoms with Gasteiger partial charge < -0.3 is 19.8 Å². The number of aromatic hydroxyl groups is 1. The Labute approximate surface area is 172 Å². The van der Waals surface area contributed by atoms with Crippen molar-refractivity contribution in [2.24, 2.45) is 0 Å². The molecule has 0 aromatic heterocycles. The van der Waals surface area contributed by atoms with Crippen LogP contribution in [0.3, 0.4) is 0 Å². The number of aliphatic hydroxyl groups excluding tert-OH is 1. The number of β-amino-alcohol motifs (C(OH)–C–C–N with tert-alkyl or cyclic N) is 1.